The molecule has 0 saturated carbocycles. The second-order valence-corrected chi connectivity index (χ2v) is 5.22. The molecule has 0 aliphatic carbocycles. The Kier molecular flexibility index (Phi) is 6.24. The maximum absolute atomic E-state index is 4.51. The van der Waals surface area contributed by atoms with Crippen molar-refractivity contribution in [2.24, 2.45) is 0 Å². The molecule has 6 nitrogen and oxygen atoms in total. The average Bonchev–Trinajstić information content (AvgIpc) is 2.95. The van der Waals surface area contributed by atoms with Gasteiger partial charge < -0.3 is 15.6 Å². The number of nitrogens with one attached hydrogen (secondary N) is 3. The average molecular weight is 290 g/mol. The van der Waals surface area contributed by atoms with Gasteiger partial charge in [-0.15, -0.1) is 0 Å². The number of fused-ring (bicyclic) bond motifs is 1. The fraction of sp³-hybridized carbons (Fsp3) is 0.667. The first kappa shape index (κ1) is 15.5. The Hall–Kier alpha value is -1.85. The summed E-state index contributed by atoms with van der Waals surface area (Å²) in [6.45, 7) is 6.01. The van der Waals surface area contributed by atoms with Crippen LogP contribution in [-0.4, -0.2) is 33.0 Å². The molecule has 0 bridgehead atoms. The minimum Gasteiger partial charge on any atom is -0.368 e. The van der Waals surface area contributed by atoms with Crippen molar-refractivity contribution < 1.29 is 0 Å². The van der Waals surface area contributed by atoms with Crippen LogP contribution in [0.25, 0.3) is 11.2 Å². The summed E-state index contributed by atoms with van der Waals surface area (Å²) in [7, 11) is 0. The number of H-pyrrole nitrogens is 1. The van der Waals surface area contributed by atoms with Crippen molar-refractivity contribution >= 4 is 22.9 Å². The molecule has 6 heteroatoms. The van der Waals surface area contributed by atoms with E-state index in [1.54, 1.807) is 6.33 Å². The number of aromatic amines is 1. The lowest BCUT2D eigenvalue weighted by molar-refractivity contribution is 0.617. The summed E-state index contributed by atoms with van der Waals surface area (Å²) >= 11 is 0. The summed E-state index contributed by atoms with van der Waals surface area (Å²) in [5, 5.41) is 6.54. The first-order valence-electron chi connectivity index (χ1n) is 8.04. The first-order chi connectivity index (χ1) is 10.3. The number of imidazole rings is 1. The molecule has 0 atom stereocenters. The molecule has 0 unspecified atom stereocenters. The van der Waals surface area contributed by atoms with E-state index < -0.39 is 0 Å². The Morgan fingerprint density at radius 1 is 1.00 bits per heavy atom. The lowest BCUT2D eigenvalue weighted by Crippen LogP contribution is -2.08. The molecule has 0 aliphatic rings. The van der Waals surface area contributed by atoms with Crippen molar-refractivity contribution in [3.63, 3.8) is 0 Å². The third kappa shape index (κ3) is 4.58. The van der Waals surface area contributed by atoms with Crippen molar-refractivity contribution in [3.05, 3.63) is 6.33 Å². The lowest BCUT2D eigenvalue weighted by Gasteiger charge is -2.08. The fourth-order valence-corrected chi connectivity index (χ4v) is 2.31. The predicted molar refractivity (Wildman–Crippen MR) is 87.7 cm³/mol. The molecular formula is C15H26N6. The van der Waals surface area contributed by atoms with Crippen molar-refractivity contribution in [3.8, 4) is 0 Å². The molecule has 0 fully saturated rings. The van der Waals surface area contributed by atoms with E-state index in [4.69, 9.17) is 0 Å². The van der Waals surface area contributed by atoms with Gasteiger partial charge in [0.25, 0.3) is 0 Å². The van der Waals surface area contributed by atoms with Crippen LogP contribution < -0.4 is 10.6 Å². The van der Waals surface area contributed by atoms with Crippen LogP contribution >= 0.6 is 0 Å². The SMILES string of the molecule is CCCCCCCCNc1nc(NCC)nc2nc[nH]c12. The summed E-state index contributed by atoms with van der Waals surface area (Å²) in [4.78, 5) is 16.2. The van der Waals surface area contributed by atoms with Gasteiger partial charge in [0.1, 0.15) is 5.52 Å². The molecule has 2 rings (SSSR count). The highest BCUT2D eigenvalue weighted by Gasteiger charge is 2.08. The Bertz CT molecular complexity index is 536. The molecule has 0 saturated heterocycles. The molecular weight excluding hydrogens is 264 g/mol. The monoisotopic (exact) mass is 290 g/mol. The van der Waals surface area contributed by atoms with Gasteiger partial charge in [0.05, 0.1) is 6.33 Å². The third-order valence-corrected chi connectivity index (χ3v) is 3.44. The molecule has 0 radical (unpaired) electrons. The van der Waals surface area contributed by atoms with Gasteiger partial charge in [0.2, 0.25) is 5.95 Å². The van der Waals surface area contributed by atoms with Gasteiger partial charge in [0, 0.05) is 13.1 Å². The topological polar surface area (TPSA) is 78.5 Å². The molecule has 0 spiro atoms. The highest BCUT2D eigenvalue weighted by Crippen LogP contribution is 2.18. The normalized spacial score (nSPS) is 11.0. The van der Waals surface area contributed by atoms with E-state index in [0.29, 0.717) is 11.6 Å². The number of aromatic nitrogens is 4. The number of hydrogen-bond acceptors (Lipinski definition) is 5. The van der Waals surface area contributed by atoms with Crippen LogP contribution in [0, 0.1) is 0 Å². The van der Waals surface area contributed by atoms with Crippen LogP contribution in [-0.2, 0) is 0 Å². The minimum absolute atomic E-state index is 0.627. The van der Waals surface area contributed by atoms with E-state index in [9.17, 15) is 0 Å². The summed E-state index contributed by atoms with van der Waals surface area (Å²) in [6, 6.07) is 0. The van der Waals surface area contributed by atoms with Crippen molar-refractivity contribution in [1.82, 2.24) is 19.9 Å². The molecule has 2 aromatic rings. The van der Waals surface area contributed by atoms with Crippen LogP contribution in [0.4, 0.5) is 11.8 Å². The second-order valence-electron chi connectivity index (χ2n) is 5.22. The Morgan fingerprint density at radius 3 is 2.62 bits per heavy atom. The van der Waals surface area contributed by atoms with E-state index in [2.05, 4.69) is 37.5 Å². The molecule has 0 aromatic carbocycles. The number of unbranched alkanes of at least 4 members (excludes halogenated alkanes) is 5. The van der Waals surface area contributed by atoms with Gasteiger partial charge in [-0.1, -0.05) is 39.0 Å². The number of nitrogens with zero attached hydrogens (tertiary/aromatic N) is 3. The van der Waals surface area contributed by atoms with Crippen molar-refractivity contribution in [1.29, 1.82) is 0 Å². The largest absolute Gasteiger partial charge is 0.368 e. The summed E-state index contributed by atoms with van der Waals surface area (Å²) in [6.07, 6.45) is 9.40. The molecule has 21 heavy (non-hydrogen) atoms. The Morgan fingerprint density at radius 2 is 1.81 bits per heavy atom. The van der Waals surface area contributed by atoms with Gasteiger partial charge in [-0.05, 0) is 13.3 Å². The quantitative estimate of drug-likeness (QED) is 0.583. The van der Waals surface area contributed by atoms with Crippen molar-refractivity contribution in [2.75, 3.05) is 23.7 Å². The van der Waals surface area contributed by atoms with Gasteiger partial charge in [-0.25, -0.2) is 4.98 Å². The van der Waals surface area contributed by atoms with Gasteiger partial charge in [-0.2, -0.15) is 9.97 Å². The molecule has 116 valence electrons. The highest BCUT2D eigenvalue weighted by atomic mass is 15.2. The van der Waals surface area contributed by atoms with Crippen LogP contribution in [0.1, 0.15) is 52.4 Å². The number of rotatable bonds is 10. The Balaban J connectivity index is 1.87. The summed E-state index contributed by atoms with van der Waals surface area (Å²) in [5.74, 6) is 1.46. The van der Waals surface area contributed by atoms with E-state index in [0.717, 1.165) is 24.4 Å². The summed E-state index contributed by atoms with van der Waals surface area (Å²) in [5.41, 5.74) is 1.58. The molecule has 0 amide bonds. The van der Waals surface area contributed by atoms with Crippen LogP contribution in [0.2, 0.25) is 0 Å². The van der Waals surface area contributed by atoms with Crippen LogP contribution in [0.15, 0.2) is 6.33 Å². The van der Waals surface area contributed by atoms with E-state index in [-0.39, 0.29) is 0 Å². The number of hydrogen-bond donors (Lipinski definition) is 3. The van der Waals surface area contributed by atoms with E-state index in [1.807, 2.05) is 6.92 Å². The third-order valence-electron chi connectivity index (χ3n) is 3.44. The second kappa shape index (κ2) is 8.44. The van der Waals surface area contributed by atoms with Gasteiger partial charge >= 0.3 is 0 Å². The zero-order chi connectivity index (χ0) is 14.9. The fourth-order valence-electron chi connectivity index (χ4n) is 2.31. The van der Waals surface area contributed by atoms with E-state index in [1.165, 1.54) is 38.5 Å². The zero-order valence-electron chi connectivity index (χ0n) is 13.1. The predicted octanol–water partition coefficient (Wildman–Crippen LogP) is 3.56. The Labute approximate surface area is 126 Å². The summed E-state index contributed by atoms with van der Waals surface area (Å²) < 4.78 is 0. The lowest BCUT2D eigenvalue weighted by atomic mass is 10.1. The first-order valence-corrected chi connectivity index (χ1v) is 8.04. The zero-order valence-corrected chi connectivity index (χ0v) is 13.1. The molecule has 0 aliphatic heterocycles. The maximum atomic E-state index is 4.51. The van der Waals surface area contributed by atoms with Gasteiger partial charge in [0.15, 0.2) is 11.5 Å². The maximum Gasteiger partial charge on any atom is 0.226 e. The standard InChI is InChI=1S/C15H26N6/c1-3-5-6-7-8-9-10-17-13-12-14(19-11-18-12)21-15(20-13)16-4-2/h11H,3-10H2,1-2H3,(H3,16,17,18,19,20,21). The van der Waals surface area contributed by atoms with E-state index >= 15 is 0 Å². The molecule has 2 heterocycles. The smallest absolute Gasteiger partial charge is 0.226 e. The van der Waals surface area contributed by atoms with Crippen LogP contribution in [0.3, 0.4) is 0 Å². The molecule has 2 aromatic heterocycles. The highest BCUT2D eigenvalue weighted by molar-refractivity contribution is 5.83. The van der Waals surface area contributed by atoms with Gasteiger partial charge in [-0.3, -0.25) is 0 Å². The van der Waals surface area contributed by atoms with Crippen molar-refractivity contribution in [2.45, 2.75) is 52.4 Å². The molecule has 3 N–H and O–H groups in total. The van der Waals surface area contributed by atoms with Crippen LogP contribution in [0.5, 0.6) is 0 Å². The minimum atomic E-state index is 0.627. The number of anilines is 2.